The largest absolute Gasteiger partial charge is 0.444 e. The highest BCUT2D eigenvalue weighted by atomic mass is 79.9. The van der Waals surface area contributed by atoms with E-state index in [4.69, 9.17) is 53.1 Å². The van der Waals surface area contributed by atoms with E-state index in [1.807, 2.05) is 146 Å². The number of halogens is 1. The Kier molecular flexibility index (Phi) is 23.2. The van der Waals surface area contributed by atoms with Gasteiger partial charge in [-0.2, -0.15) is 15.3 Å². The number of hydrogen-bond donors (Lipinski definition) is 7. The van der Waals surface area contributed by atoms with Crippen molar-refractivity contribution in [3.05, 3.63) is 132 Å². The van der Waals surface area contributed by atoms with Gasteiger partial charge in [-0.25, -0.2) is 48.9 Å². The number of nitrogens with two attached hydrogens (primary N) is 5. The second-order valence-electron chi connectivity index (χ2n) is 25.3. The Bertz CT molecular complexity index is 4580. The van der Waals surface area contributed by atoms with Gasteiger partial charge in [0.1, 0.15) is 45.2 Å². The normalized spacial score (nSPS) is 13.9. The van der Waals surface area contributed by atoms with E-state index < -0.39 is 11.2 Å². The lowest BCUT2D eigenvalue weighted by atomic mass is 9.92. The first kappa shape index (κ1) is 71.5. The number of aromatic nitrogens is 15. The second-order valence-corrected chi connectivity index (χ2v) is 26.2. The molecule has 12 aromatic rings. The number of H-pyrrole nitrogens is 1. The van der Waals surface area contributed by atoms with Crippen LogP contribution in [0.5, 0.6) is 0 Å². The summed E-state index contributed by atoms with van der Waals surface area (Å²) in [6, 6.07) is 24.2. The number of aromatic amines is 1. The molecular weight excluding hydrogens is 1290 g/mol. The molecule has 0 saturated heterocycles. The summed E-state index contributed by atoms with van der Waals surface area (Å²) in [6.07, 6.45) is 14.8. The molecule has 9 heterocycles. The topological polar surface area (TPSA) is 358 Å². The number of imidazole rings is 3. The van der Waals surface area contributed by atoms with Crippen molar-refractivity contribution in [1.29, 1.82) is 0 Å². The number of carbonyl (C=O) groups excluding carboxylic acids is 2. The van der Waals surface area contributed by atoms with Crippen molar-refractivity contribution in [2.24, 2.45) is 11.5 Å². The van der Waals surface area contributed by atoms with E-state index in [0.29, 0.717) is 74.3 Å². The van der Waals surface area contributed by atoms with Crippen molar-refractivity contribution in [3.8, 4) is 11.4 Å². The molecular formula is C69H92BrN23O4. The molecule has 1 saturated carbocycles. The fourth-order valence-electron chi connectivity index (χ4n) is 11.5. The third-order valence-electron chi connectivity index (χ3n) is 16.1. The Hall–Kier alpha value is -9.77. The zero-order valence-electron chi connectivity index (χ0n) is 57.6. The average molecular weight is 1390 g/mol. The van der Waals surface area contributed by atoms with Crippen LogP contribution in [0.1, 0.15) is 119 Å². The second kappa shape index (κ2) is 31.4. The molecule has 0 spiro atoms. The van der Waals surface area contributed by atoms with Crippen molar-refractivity contribution < 1.29 is 19.1 Å². The number of amides is 2. The highest BCUT2D eigenvalue weighted by molar-refractivity contribution is 9.10. The molecule has 9 aromatic heterocycles. The van der Waals surface area contributed by atoms with Crippen LogP contribution in [-0.2, 0) is 48.7 Å². The van der Waals surface area contributed by atoms with Crippen LogP contribution in [0.15, 0.2) is 114 Å². The van der Waals surface area contributed by atoms with Crippen LogP contribution in [0, 0.1) is 0 Å². The Labute approximate surface area is 572 Å². The van der Waals surface area contributed by atoms with E-state index in [0.717, 1.165) is 107 Å². The van der Waals surface area contributed by atoms with Gasteiger partial charge in [-0.05, 0) is 169 Å². The lowest BCUT2D eigenvalue weighted by Gasteiger charge is -2.26. The summed E-state index contributed by atoms with van der Waals surface area (Å²) in [7, 11) is 1.91. The van der Waals surface area contributed by atoms with E-state index in [9.17, 15) is 9.59 Å². The van der Waals surface area contributed by atoms with Crippen LogP contribution < -0.4 is 34.0 Å². The number of aryl methyl sites for hydroxylation is 3. The van der Waals surface area contributed by atoms with E-state index in [1.54, 1.807) is 39.3 Å². The number of benzene rings is 3. The van der Waals surface area contributed by atoms with Gasteiger partial charge in [0.2, 0.25) is 0 Å². The minimum Gasteiger partial charge on any atom is -0.444 e. The SMILES string of the molecule is CCN(Cc1nc2c(N)nc3cc(-n4cccn4)ccc3c2n1CC)C(=O)OC(C)(C)C.CCN(Cc1nc2c(N)nc3cc(Br)ccc3c2n1CC)C(=O)OC(C)(C)C.CCn1c(CNC)nc2c(N)nc3cc(-n4cccn4)ccc3c21.N[C@H]1CCCC[C@@H]1N.c1cn[nH]c1. The maximum Gasteiger partial charge on any atom is 0.410 e. The fourth-order valence-corrected chi connectivity index (χ4v) is 11.9. The minimum atomic E-state index is -0.563. The van der Waals surface area contributed by atoms with Crippen molar-refractivity contribution in [1.82, 2.24) is 88.5 Å². The molecule has 28 heteroatoms. The van der Waals surface area contributed by atoms with E-state index in [2.05, 4.69) is 97.1 Å². The summed E-state index contributed by atoms with van der Waals surface area (Å²) in [5.74, 6) is 3.67. The van der Waals surface area contributed by atoms with Gasteiger partial charge >= 0.3 is 12.2 Å². The van der Waals surface area contributed by atoms with Crippen LogP contribution in [0.4, 0.5) is 27.0 Å². The van der Waals surface area contributed by atoms with Crippen molar-refractivity contribution >= 4 is 111 Å². The minimum absolute atomic E-state index is 0.281. The number of ether oxygens (including phenoxy) is 2. The van der Waals surface area contributed by atoms with Crippen LogP contribution in [0.2, 0.25) is 0 Å². The number of hydrogen-bond acceptors (Lipinski definition) is 19. The smallest absolute Gasteiger partial charge is 0.410 e. The number of carbonyl (C=O) groups is 2. The molecule has 0 bridgehead atoms. The third-order valence-corrected chi connectivity index (χ3v) is 16.6. The Morgan fingerprint density at radius 1 is 0.577 bits per heavy atom. The van der Waals surface area contributed by atoms with Gasteiger partial charge in [-0.15, -0.1) is 0 Å². The molecule has 0 radical (unpaired) electrons. The summed E-state index contributed by atoms with van der Waals surface area (Å²) >= 11 is 3.48. The zero-order chi connectivity index (χ0) is 69.9. The standard InChI is InChI=1S/C23H29N7O2.C20H26BrN5O2.C17H19N7.C6H14N2.C3H4N2/c1-6-28(22(31)32-23(3,4)5)14-18-27-19-20(29(18)7-2)16-10-9-15(30-12-8-11-25-30)13-17(16)26-21(19)24;1-6-25(19(27)28-20(3,4)5)11-15-24-16-17(26(15)7-2)13-9-8-12(21)10-14(13)23-18(16)22;1-3-23-14(10-19-2)22-15-16(23)12-6-5-11(24-8-4-7-20-24)9-13(12)21-17(15)18;7-5-3-1-2-4-6(5)8;1-2-4-5-3-1/h8-13H,6-7,14H2,1-5H3,(H2,24,26);8-10H,6-7,11H2,1-5H3,(H2,22,23);4-9,19H,3,10H2,1-2H3,(H2,18,21);5-6H,1-4,7-8H2;1-3H,(H,4,5)/t;;;5-,6-;/m...0./s1. The number of anilines is 3. The molecule has 1 aliphatic carbocycles. The highest BCUT2D eigenvalue weighted by Gasteiger charge is 2.27. The third kappa shape index (κ3) is 16.9. The van der Waals surface area contributed by atoms with Gasteiger partial charge in [0.05, 0.1) is 64.1 Å². The van der Waals surface area contributed by atoms with Crippen LogP contribution in [-0.4, -0.2) is 139 Å². The number of rotatable bonds is 13. The number of nitrogens with zero attached hydrogens (tertiary/aromatic N) is 16. The predicted octanol–water partition coefficient (Wildman–Crippen LogP) is 11.6. The monoisotopic (exact) mass is 1390 g/mol. The van der Waals surface area contributed by atoms with Gasteiger partial charge < -0.3 is 67.0 Å². The average Bonchev–Trinajstić information content (AvgIpc) is 1.66. The fraction of sp³-hybridized carbons (Fsp3) is 0.406. The highest BCUT2D eigenvalue weighted by Crippen LogP contribution is 2.34. The van der Waals surface area contributed by atoms with E-state index in [1.165, 1.54) is 12.8 Å². The van der Waals surface area contributed by atoms with Crippen molar-refractivity contribution in [2.75, 3.05) is 37.3 Å². The summed E-state index contributed by atoms with van der Waals surface area (Å²) < 4.78 is 22.0. The molecule has 514 valence electrons. The van der Waals surface area contributed by atoms with E-state index >= 15 is 0 Å². The Balaban J connectivity index is 0.000000156. The lowest BCUT2D eigenvalue weighted by molar-refractivity contribution is 0.0228. The molecule has 1 aliphatic rings. The Morgan fingerprint density at radius 2 is 0.979 bits per heavy atom. The maximum atomic E-state index is 12.7. The zero-order valence-corrected chi connectivity index (χ0v) is 59.2. The lowest BCUT2D eigenvalue weighted by Crippen LogP contribution is -2.43. The first-order valence-corrected chi connectivity index (χ1v) is 33.6. The number of fused-ring (bicyclic) bond motifs is 9. The van der Waals surface area contributed by atoms with Gasteiger partial charge in [0.15, 0.2) is 17.5 Å². The van der Waals surface area contributed by atoms with Gasteiger partial charge in [0, 0.05) is 103 Å². The van der Waals surface area contributed by atoms with Crippen LogP contribution >= 0.6 is 15.9 Å². The summed E-state index contributed by atoms with van der Waals surface area (Å²) in [4.78, 5) is 56.4. The van der Waals surface area contributed by atoms with Gasteiger partial charge in [-0.1, -0.05) is 28.8 Å². The number of pyridine rings is 3. The molecule has 0 unspecified atom stereocenters. The summed E-state index contributed by atoms with van der Waals surface area (Å²) in [6.45, 7) is 25.8. The number of nitrogens with one attached hydrogen (secondary N) is 2. The molecule has 12 N–H and O–H groups in total. The molecule has 1 fully saturated rings. The molecule has 27 nitrogen and oxygen atoms in total. The maximum absolute atomic E-state index is 12.7. The van der Waals surface area contributed by atoms with Gasteiger partial charge in [0.25, 0.3) is 0 Å². The molecule has 3 aromatic carbocycles. The molecule has 97 heavy (non-hydrogen) atoms. The van der Waals surface area contributed by atoms with Crippen LogP contribution in [0.3, 0.4) is 0 Å². The first-order chi connectivity index (χ1) is 46.4. The first-order valence-electron chi connectivity index (χ1n) is 32.8. The quantitative estimate of drug-likeness (QED) is 0.0564. The molecule has 13 rings (SSSR count). The molecule has 2 atom stereocenters. The molecule has 2 amide bonds. The van der Waals surface area contributed by atoms with Crippen molar-refractivity contribution in [2.45, 2.75) is 164 Å². The Morgan fingerprint density at radius 3 is 1.31 bits per heavy atom. The number of nitrogen functional groups attached to an aromatic ring is 3. The van der Waals surface area contributed by atoms with Gasteiger partial charge in [-0.3, -0.25) is 5.10 Å². The van der Waals surface area contributed by atoms with Crippen molar-refractivity contribution in [3.63, 3.8) is 0 Å². The van der Waals surface area contributed by atoms with E-state index in [-0.39, 0.29) is 24.3 Å². The predicted molar refractivity (Wildman–Crippen MR) is 388 cm³/mol. The summed E-state index contributed by atoms with van der Waals surface area (Å²) in [5.41, 5.74) is 38.1. The van der Waals surface area contributed by atoms with Crippen LogP contribution in [0.25, 0.3) is 77.2 Å². The molecule has 0 aliphatic heterocycles. The summed E-state index contributed by atoms with van der Waals surface area (Å²) in [5, 5.41) is 20.9.